The number of ether oxygens (including phenoxy) is 1. The number of likely N-dealkylation sites (N-methyl/N-ethyl adjacent to an activating group) is 1. The van der Waals surface area contributed by atoms with E-state index in [1.807, 2.05) is 0 Å². The van der Waals surface area contributed by atoms with Crippen LogP contribution in [-0.2, 0) is 14.3 Å². The summed E-state index contributed by atoms with van der Waals surface area (Å²) in [6.45, 7) is 3.44. The number of rotatable bonds is 3. The van der Waals surface area contributed by atoms with Crippen molar-refractivity contribution >= 4 is 23.9 Å². The molecule has 0 aromatic rings. The Bertz CT molecular complexity index is 352. The Labute approximate surface area is 91.9 Å². The first-order chi connectivity index (χ1) is 7.54. The molecule has 1 saturated heterocycles. The molecule has 0 spiro atoms. The van der Waals surface area contributed by atoms with E-state index in [0.29, 0.717) is 11.3 Å². The van der Waals surface area contributed by atoms with Crippen LogP contribution in [0.3, 0.4) is 0 Å². The molecule has 1 fully saturated rings. The van der Waals surface area contributed by atoms with Crippen molar-refractivity contribution in [1.82, 2.24) is 9.80 Å². The molecule has 16 heavy (non-hydrogen) atoms. The minimum Gasteiger partial charge on any atom is -0.449 e. The molecular formula is C9H12N2O5. The molecule has 7 heteroatoms. The molecule has 7 nitrogen and oxygen atoms in total. The maximum Gasteiger partial charge on any atom is 0.425 e. The lowest BCUT2D eigenvalue weighted by molar-refractivity contribution is -0.142. The average Bonchev–Trinajstić information content (AvgIpc) is 2.47. The highest BCUT2D eigenvalue weighted by atomic mass is 16.6. The maximum absolute atomic E-state index is 11.5. The van der Waals surface area contributed by atoms with E-state index in [0.717, 1.165) is 0 Å². The van der Waals surface area contributed by atoms with Crippen LogP contribution in [0.4, 0.5) is 9.59 Å². The van der Waals surface area contributed by atoms with Crippen LogP contribution in [0.2, 0.25) is 0 Å². The first-order valence-corrected chi connectivity index (χ1v) is 4.91. The van der Waals surface area contributed by atoms with Crippen LogP contribution in [0.5, 0.6) is 0 Å². The fourth-order valence-corrected chi connectivity index (χ4v) is 1.20. The van der Waals surface area contributed by atoms with Gasteiger partial charge in [0.25, 0.3) is 0 Å². The summed E-state index contributed by atoms with van der Waals surface area (Å²) in [5.41, 5.74) is 0. The molecule has 0 saturated carbocycles. The van der Waals surface area contributed by atoms with Crippen molar-refractivity contribution < 1.29 is 23.9 Å². The van der Waals surface area contributed by atoms with Gasteiger partial charge in [0.2, 0.25) is 0 Å². The standard InChI is InChI=1S/C9H12N2O5/c1-3-5-16-9(15)11-7(13)6(12)10(4-2)8(11)14/h3-5H2,1-2H3. The van der Waals surface area contributed by atoms with Crippen LogP contribution in [0.15, 0.2) is 0 Å². The van der Waals surface area contributed by atoms with E-state index in [4.69, 9.17) is 0 Å². The van der Waals surface area contributed by atoms with Crippen LogP contribution in [0.1, 0.15) is 20.3 Å². The van der Waals surface area contributed by atoms with E-state index in [-0.39, 0.29) is 18.1 Å². The minimum absolute atomic E-state index is 0.0426. The van der Waals surface area contributed by atoms with Crippen molar-refractivity contribution in [3.8, 4) is 0 Å². The van der Waals surface area contributed by atoms with Gasteiger partial charge in [0.15, 0.2) is 0 Å². The van der Waals surface area contributed by atoms with E-state index >= 15 is 0 Å². The third-order valence-electron chi connectivity index (χ3n) is 1.98. The van der Waals surface area contributed by atoms with Gasteiger partial charge in [0, 0.05) is 6.54 Å². The first kappa shape index (κ1) is 12.2. The molecule has 0 aromatic heterocycles. The Hall–Kier alpha value is -1.92. The van der Waals surface area contributed by atoms with Crippen LogP contribution in [-0.4, -0.2) is 46.9 Å². The number of nitrogens with zero attached hydrogens (tertiary/aromatic N) is 2. The molecule has 1 rings (SSSR count). The molecule has 0 bridgehead atoms. The van der Waals surface area contributed by atoms with Crippen molar-refractivity contribution in [3.05, 3.63) is 0 Å². The lowest BCUT2D eigenvalue weighted by atomic mass is 10.5. The Morgan fingerprint density at radius 1 is 1.19 bits per heavy atom. The Balaban J connectivity index is 2.82. The lowest BCUT2D eigenvalue weighted by Gasteiger charge is -2.12. The molecule has 1 heterocycles. The fraction of sp³-hybridized carbons (Fsp3) is 0.556. The van der Waals surface area contributed by atoms with Gasteiger partial charge < -0.3 is 4.74 Å². The van der Waals surface area contributed by atoms with Gasteiger partial charge in [-0.05, 0) is 13.3 Å². The molecule has 0 radical (unpaired) electrons. The number of hydrogen-bond acceptors (Lipinski definition) is 5. The van der Waals surface area contributed by atoms with E-state index in [1.165, 1.54) is 6.92 Å². The number of carbonyl (C=O) groups excluding carboxylic acids is 4. The van der Waals surface area contributed by atoms with E-state index in [2.05, 4.69) is 4.74 Å². The summed E-state index contributed by atoms with van der Waals surface area (Å²) < 4.78 is 4.62. The molecule has 0 unspecified atom stereocenters. The normalized spacial score (nSPS) is 16.0. The summed E-state index contributed by atoms with van der Waals surface area (Å²) >= 11 is 0. The predicted octanol–water partition coefficient (Wildman–Crippen LogP) is 0.344. The molecule has 5 amide bonds. The largest absolute Gasteiger partial charge is 0.449 e. The zero-order valence-electron chi connectivity index (χ0n) is 9.06. The molecule has 0 atom stereocenters. The highest BCUT2D eigenvalue weighted by Crippen LogP contribution is 2.12. The third kappa shape index (κ3) is 1.88. The van der Waals surface area contributed by atoms with Gasteiger partial charge in [-0.3, -0.25) is 14.5 Å². The summed E-state index contributed by atoms with van der Waals surface area (Å²) in [4.78, 5) is 46.2. The van der Waals surface area contributed by atoms with Gasteiger partial charge in [0.1, 0.15) is 0 Å². The number of hydrogen-bond donors (Lipinski definition) is 0. The fourth-order valence-electron chi connectivity index (χ4n) is 1.20. The highest BCUT2D eigenvalue weighted by molar-refractivity contribution is 6.47. The van der Waals surface area contributed by atoms with E-state index in [1.54, 1.807) is 6.92 Å². The summed E-state index contributed by atoms with van der Waals surface area (Å²) in [6, 6.07) is -0.946. The number of carbonyl (C=O) groups is 4. The van der Waals surface area contributed by atoms with Gasteiger partial charge in [-0.25, -0.2) is 9.59 Å². The molecule has 1 aliphatic heterocycles. The average molecular weight is 228 g/mol. The third-order valence-corrected chi connectivity index (χ3v) is 1.98. The molecule has 0 aromatic carbocycles. The van der Waals surface area contributed by atoms with Crippen molar-refractivity contribution in [1.29, 1.82) is 0 Å². The highest BCUT2D eigenvalue weighted by Gasteiger charge is 2.48. The molecule has 1 aliphatic rings. The molecular weight excluding hydrogens is 216 g/mol. The quantitative estimate of drug-likeness (QED) is 0.513. The van der Waals surface area contributed by atoms with Gasteiger partial charge in [-0.1, -0.05) is 6.92 Å². The lowest BCUT2D eigenvalue weighted by Crippen LogP contribution is -2.38. The zero-order chi connectivity index (χ0) is 12.3. The summed E-state index contributed by atoms with van der Waals surface area (Å²) in [6.07, 6.45) is -0.533. The SMILES string of the molecule is CCCOC(=O)N1C(=O)C(=O)N(CC)C1=O. The smallest absolute Gasteiger partial charge is 0.425 e. The Morgan fingerprint density at radius 2 is 1.81 bits per heavy atom. The summed E-state index contributed by atoms with van der Waals surface area (Å²) in [5.74, 6) is -2.16. The van der Waals surface area contributed by atoms with Crippen molar-refractivity contribution in [2.75, 3.05) is 13.2 Å². The number of imide groups is 4. The second kappa shape index (κ2) is 4.73. The van der Waals surface area contributed by atoms with Crippen LogP contribution in [0.25, 0.3) is 0 Å². The zero-order valence-corrected chi connectivity index (χ0v) is 9.06. The first-order valence-electron chi connectivity index (χ1n) is 4.91. The molecule has 0 aliphatic carbocycles. The Kier molecular flexibility index (Phi) is 3.60. The second-order valence-corrected chi connectivity index (χ2v) is 3.09. The Morgan fingerprint density at radius 3 is 2.25 bits per heavy atom. The van der Waals surface area contributed by atoms with Crippen LogP contribution >= 0.6 is 0 Å². The second-order valence-electron chi connectivity index (χ2n) is 3.09. The predicted molar refractivity (Wildman–Crippen MR) is 51.3 cm³/mol. The number of urea groups is 1. The van der Waals surface area contributed by atoms with Gasteiger partial charge in [-0.2, -0.15) is 4.90 Å². The van der Waals surface area contributed by atoms with Gasteiger partial charge in [0.05, 0.1) is 6.61 Å². The van der Waals surface area contributed by atoms with Crippen molar-refractivity contribution in [2.45, 2.75) is 20.3 Å². The van der Waals surface area contributed by atoms with Gasteiger partial charge in [-0.15, -0.1) is 0 Å². The molecule has 0 N–H and O–H groups in total. The van der Waals surface area contributed by atoms with Crippen LogP contribution in [0, 0.1) is 0 Å². The van der Waals surface area contributed by atoms with Crippen molar-refractivity contribution in [2.24, 2.45) is 0 Å². The monoisotopic (exact) mass is 228 g/mol. The van der Waals surface area contributed by atoms with E-state index in [9.17, 15) is 19.2 Å². The summed E-state index contributed by atoms with van der Waals surface area (Å²) in [7, 11) is 0. The molecule has 88 valence electrons. The van der Waals surface area contributed by atoms with Crippen molar-refractivity contribution in [3.63, 3.8) is 0 Å². The summed E-state index contributed by atoms with van der Waals surface area (Å²) in [5, 5.41) is 0. The number of amides is 5. The topological polar surface area (TPSA) is 84.0 Å². The maximum atomic E-state index is 11.5. The van der Waals surface area contributed by atoms with Crippen LogP contribution < -0.4 is 0 Å². The van der Waals surface area contributed by atoms with E-state index < -0.39 is 23.9 Å². The van der Waals surface area contributed by atoms with Gasteiger partial charge >= 0.3 is 23.9 Å². The minimum atomic E-state index is -1.16.